The Labute approximate surface area is 254 Å². The Hall–Kier alpha value is -4.74. The van der Waals surface area contributed by atoms with Gasteiger partial charge < -0.3 is 24.3 Å². The van der Waals surface area contributed by atoms with Crippen LogP contribution in [-0.2, 0) is 18.0 Å². The number of carbonyl (C=O) groups is 1. The van der Waals surface area contributed by atoms with Gasteiger partial charge in [0.25, 0.3) is 5.91 Å². The second kappa shape index (κ2) is 14.2. The number of carbonyl (C=O) groups excluding carboxylic acids is 1. The van der Waals surface area contributed by atoms with Crippen LogP contribution in [0.5, 0.6) is 23.0 Å². The fourth-order valence-corrected chi connectivity index (χ4v) is 4.81. The first-order valence-electron chi connectivity index (χ1n) is 13.2. The summed E-state index contributed by atoms with van der Waals surface area (Å²) < 4.78 is 23.8. The number of aryl methyl sites for hydroxylation is 2. The van der Waals surface area contributed by atoms with E-state index in [-0.39, 0.29) is 12.2 Å². The molecule has 0 aliphatic carbocycles. The van der Waals surface area contributed by atoms with E-state index in [1.165, 1.54) is 13.2 Å². The van der Waals surface area contributed by atoms with Gasteiger partial charge >= 0.3 is 0 Å². The largest absolute Gasteiger partial charge is 0.493 e. The standard InChI is InChI=1S/C34H31BrN2O5/c1-22-10-12-29(23(2)14-22)37-34(38)27(19-36)15-26-16-28(35)33(32(18-26)40-4)42-21-25-11-13-30(31(17-25)39-3)41-20-24-8-6-5-7-9-24/h5-18H,20-21H2,1-4H3,(H,37,38)/b27-15+. The van der Waals surface area contributed by atoms with Crippen molar-refractivity contribution in [1.29, 1.82) is 5.26 Å². The Morgan fingerprint density at radius 3 is 2.29 bits per heavy atom. The number of nitrogens with zero attached hydrogens (tertiary/aromatic N) is 1. The van der Waals surface area contributed by atoms with Crippen LogP contribution in [0, 0.1) is 25.2 Å². The number of benzene rings is 4. The molecular formula is C34H31BrN2O5. The second-order valence-corrected chi connectivity index (χ2v) is 10.4. The van der Waals surface area contributed by atoms with E-state index < -0.39 is 5.91 Å². The molecule has 0 saturated carbocycles. The number of hydrogen-bond acceptors (Lipinski definition) is 6. The first-order valence-corrected chi connectivity index (χ1v) is 13.9. The van der Waals surface area contributed by atoms with E-state index >= 15 is 0 Å². The maximum absolute atomic E-state index is 12.9. The predicted molar refractivity (Wildman–Crippen MR) is 167 cm³/mol. The van der Waals surface area contributed by atoms with Crippen molar-refractivity contribution in [3.63, 3.8) is 0 Å². The third-order valence-corrected chi connectivity index (χ3v) is 7.00. The van der Waals surface area contributed by atoms with Crippen LogP contribution >= 0.6 is 15.9 Å². The van der Waals surface area contributed by atoms with Crippen molar-refractivity contribution < 1.29 is 23.7 Å². The molecule has 7 nitrogen and oxygen atoms in total. The van der Waals surface area contributed by atoms with E-state index in [0.717, 1.165) is 22.3 Å². The van der Waals surface area contributed by atoms with Crippen LogP contribution in [0.4, 0.5) is 5.69 Å². The van der Waals surface area contributed by atoms with Crippen LogP contribution in [0.3, 0.4) is 0 Å². The van der Waals surface area contributed by atoms with Crippen molar-refractivity contribution in [2.24, 2.45) is 0 Å². The summed E-state index contributed by atoms with van der Waals surface area (Å²) in [6, 6.07) is 26.7. The molecule has 0 aliphatic rings. The minimum Gasteiger partial charge on any atom is -0.493 e. The minimum absolute atomic E-state index is 0.0423. The zero-order valence-corrected chi connectivity index (χ0v) is 25.4. The van der Waals surface area contributed by atoms with Crippen LogP contribution in [0.25, 0.3) is 6.08 Å². The molecule has 214 valence electrons. The number of ether oxygens (including phenoxy) is 4. The molecule has 0 spiro atoms. The van der Waals surface area contributed by atoms with Crippen molar-refractivity contribution >= 4 is 33.6 Å². The summed E-state index contributed by atoms with van der Waals surface area (Å²) in [6.07, 6.45) is 1.51. The summed E-state index contributed by atoms with van der Waals surface area (Å²) in [4.78, 5) is 12.9. The highest BCUT2D eigenvalue weighted by Gasteiger charge is 2.16. The molecule has 8 heteroatoms. The topological polar surface area (TPSA) is 89.8 Å². The highest BCUT2D eigenvalue weighted by Crippen LogP contribution is 2.38. The number of halogens is 1. The molecule has 4 aromatic rings. The third-order valence-electron chi connectivity index (χ3n) is 6.41. The van der Waals surface area contributed by atoms with Crippen LogP contribution < -0.4 is 24.3 Å². The summed E-state index contributed by atoms with van der Waals surface area (Å²) >= 11 is 3.55. The molecule has 4 rings (SSSR count). The summed E-state index contributed by atoms with van der Waals surface area (Å²) in [6.45, 7) is 4.55. The first kappa shape index (κ1) is 30.2. The fourth-order valence-electron chi connectivity index (χ4n) is 4.23. The maximum Gasteiger partial charge on any atom is 0.266 e. The predicted octanol–water partition coefficient (Wildman–Crippen LogP) is 7.79. The normalized spacial score (nSPS) is 10.9. The number of anilines is 1. The Morgan fingerprint density at radius 2 is 1.60 bits per heavy atom. The summed E-state index contributed by atoms with van der Waals surface area (Å²) in [5, 5.41) is 12.5. The summed E-state index contributed by atoms with van der Waals surface area (Å²) in [7, 11) is 3.13. The van der Waals surface area contributed by atoms with E-state index in [1.54, 1.807) is 19.2 Å². The number of rotatable bonds is 11. The van der Waals surface area contributed by atoms with E-state index in [9.17, 15) is 10.1 Å². The molecule has 0 aliphatic heterocycles. The molecular weight excluding hydrogens is 596 g/mol. The summed E-state index contributed by atoms with van der Waals surface area (Å²) in [5.41, 5.74) is 5.14. The third kappa shape index (κ3) is 7.71. The average molecular weight is 628 g/mol. The van der Waals surface area contributed by atoms with Gasteiger partial charge in [-0.2, -0.15) is 5.26 Å². The van der Waals surface area contributed by atoms with Crippen molar-refractivity contribution in [3.8, 4) is 29.1 Å². The SMILES string of the molecule is COc1cc(COc2c(Br)cc(/C=C(\C#N)C(=O)Nc3ccc(C)cc3C)cc2OC)ccc1OCc1ccccc1. The van der Waals surface area contributed by atoms with Gasteiger partial charge in [-0.1, -0.05) is 54.1 Å². The molecule has 0 atom stereocenters. The van der Waals surface area contributed by atoms with Crippen molar-refractivity contribution in [3.05, 3.63) is 117 Å². The van der Waals surface area contributed by atoms with Gasteiger partial charge in [0.1, 0.15) is 24.9 Å². The molecule has 0 aromatic heterocycles. The first-order chi connectivity index (χ1) is 20.3. The molecule has 0 heterocycles. The molecule has 0 saturated heterocycles. The Balaban J connectivity index is 1.47. The fraction of sp³-hybridized carbons (Fsp3) is 0.176. The lowest BCUT2D eigenvalue weighted by molar-refractivity contribution is -0.112. The molecule has 1 amide bonds. The van der Waals surface area contributed by atoms with Gasteiger partial charge in [0.2, 0.25) is 0 Å². The lowest BCUT2D eigenvalue weighted by Gasteiger charge is -2.15. The number of amides is 1. The lowest BCUT2D eigenvalue weighted by atomic mass is 10.1. The van der Waals surface area contributed by atoms with E-state index in [2.05, 4.69) is 21.2 Å². The molecule has 0 bridgehead atoms. The molecule has 0 unspecified atom stereocenters. The van der Waals surface area contributed by atoms with Crippen LogP contribution in [0.1, 0.15) is 27.8 Å². The van der Waals surface area contributed by atoms with E-state index in [1.807, 2.05) is 86.6 Å². The zero-order chi connectivity index (χ0) is 30.1. The molecule has 42 heavy (non-hydrogen) atoms. The van der Waals surface area contributed by atoms with Crippen LogP contribution in [0.2, 0.25) is 0 Å². The highest BCUT2D eigenvalue weighted by molar-refractivity contribution is 9.10. The number of hydrogen-bond donors (Lipinski definition) is 1. The molecule has 0 radical (unpaired) electrons. The second-order valence-electron chi connectivity index (χ2n) is 9.52. The Morgan fingerprint density at radius 1 is 0.857 bits per heavy atom. The minimum atomic E-state index is -0.495. The van der Waals surface area contributed by atoms with Crippen molar-refractivity contribution in [1.82, 2.24) is 0 Å². The van der Waals surface area contributed by atoms with Crippen molar-refractivity contribution in [2.75, 3.05) is 19.5 Å². The number of methoxy groups -OCH3 is 2. The van der Waals surface area contributed by atoms with Crippen molar-refractivity contribution in [2.45, 2.75) is 27.1 Å². The maximum atomic E-state index is 12.9. The van der Waals surface area contributed by atoms with Crippen LogP contribution in [-0.4, -0.2) is 20.1 Å². The molecule has 0 fully saturated rings. The van der Waals surface area contributed by atoms with Gasteiger partial charge in [0.05, 0.1) is 18.7 Å². The summed E-state index contributed by atoms with van der Waals surface area (Å²) in [5.74, 6) is 1.66. The van der Waals surface area contributed by atoms with Gasteiger partial charge in [-0.05, 0) is 88.4 Å². The van der Waals surface area contributed by atoms with Gasteiger partial charge in [0, 0.05) is 5.69 Å². The van der Waals surface area contributed by atoms with Gasteiger partial charge in [-0.15, -0.1) is 0 Å². The Kier molecular flexibility index (Phi) is 10.2. The van der Waals surface area contributed by atoms with E-state index in [0.29, 0.717) is 45.3 Å². The van der Waals surface area contributed by atoms with Gasteiger partial charge in [-0.3, -0.25) is 4.79 Å². The van der Waals surface area contributed by atoms with Gasteiger partial charge in [-0.25, -0.2) is 0 Å². The zero-order valence-electron chi connectivity index (χ0n) is 23.9. The van der Waals surface area contributed by atoms with Gasteiger partial charge in [0.15, 0.2) is 23.0 Å². The number of nitrogens with one attached hydrogen (secondary N) is 1. The Bertz CT molecular complexity index is 1640. The van der Waals surface area contributed by atoms with E-state index in [4.69, 9.17) is 18.9 Å². The highest BCUT2D eigenvalue weighted by atomic mass is 79.9. The average Bonchev–Trinajstić information content (AvgIpc) is 3.00. The monoisotopic (exact) mass is 626 g/mol. The lowest BCUT2D eigenvalue weighted by Crippen LogP contribution is -2.14. The quantitative estimate of drug-likeness (QED) is 0.135. The molecule has 1 N–H and O–H groups in total. The number of nitriles is 1. The molecule has 4 aromatic carbocycles. The smallest absolute Gasteiger partial charge is 0.266 e. The van der Waals surface area contributed by atoms with Crippen LogP contribution in [0.15, 0.2) is 88.9 Å².